The standard InChI is InChI=1S/C18H24N2O6S/c1-3-26-18(23)15-5-7-16(8-6-15)27(24,25)20-12-10-19(11-13-20)17(22)9-4-14(2)21/h5-8H,3-4,9-13H2,1-2H3. The second kappa shape index (κ2) is 9.09. The molecule has 0 saturated carbocycles. The second-order valence-corrected chi connectivity index (χ2v) is 8.17. The number of sulfonamides is 1. The lowest BCUT2D eigenvalue weighted by Gasteiger charge is -2.34. The van der Waals surface area contributed by atoms with Gasteiger partial charge in [-0.3, -0.25) is 4.79 Å². The number of Topliss-reactive ketones (excluding diaryl/α,β-unsaturated/α-hetero) is 1. The number of rotatable bonds is 7. The van der Waals surface area contributed by atoms with Crippen LogP contribution in [0.2, 0.25) is 0 Å². The van der Waals surface area contributed by atoms with E-state index in [2.05, 4.69) is 0 Å². The highest BCUT2D eigenvalue weighted by Gasteiger charge is 2.30. The molecule has 0 aliphatic carbocycles. The van der Waals surface area contributed by atoms with Gasteiger partial charge >= 0.3 is 5.97 Å². The van der Waals surface area contributed by atoms with E-state index in [1.54, 1.807) is 11.8 Å². The van der Waals surface area contributed by atoms with Gasteiger partial charge in [-0.2, -0.15) is 4.31 Å². The maximum absolute atomic E-state index is 12.7. The molecule has 8 nitrogen and oxygen atoms in total. The summed E-state index contributed by atoms with van der Waals surface area (Å²) in [5.74, 6) is -0.684. The quantitative estimate of drug-likeness (QED) is 0.639. The summed E-state index contributed by atoms with van der Waals surface area (Å²) >= 11 is 0. The molecule has 2 rings (SSSR count). The first kappa shape index (κ1) is 21.0. The van der Waals surface area contributed by atoms with Crippen molar-refractivity contribution in [3.63, 3.8) is 0 Å². The number of hydrogen-bond donors (Lipinski definition) is 0. The van der Waals surface area contributed by atoms with Crippen LogP contribution in [0.15, 0.2) is 29.2 Å². The van der Waals surface area contributed by atoms with E-state index in [1.807, 2.05) is 0 Å². The molecule has 148 valence electrons. The third-order valence-corrected chi connectivity index (χ3v) is 6.20. The van der Waals surface area contributed by atoms with Gasteiger partial charge in [0.2, 0.25) is 15.9 Å². The van der Waals surface area contributed by atoms with Crippen LogP contribution in [0.5, 0.6) is 0 Å². The fraction of sp³-hybridized carbons (Fsp3) is 0.500. The van der Waals surface area contributed by atoms with Crippen molar-refractivity contribution in [2.24, 2.45) is 0 Å². The van der Waals surface area contributed by atoms with Crippen molar-refractivity contribution in [3.05, 3.63) is 29.8 Å². The van der Waals surface area contributed by atoms with E-state index in [0.717, 1.165) is 0 Å². The largest absolute Gasteiger partial charge is 0.462 e. The molecule has 27 heavy (non-hydrogen) atoms. The zero-order valence-electron chi connectivity index (χ0n) is 15.5. The molecular formula is C18H24N2O6S. The minimum Gasteiger partial charge on any atom is -0.462 e. The van der Waals surface area contributed by atoms with Crippen molar-refractivity contribution in [1.82, 2.24) is 9.21 Å². The number of esters is 1. The van der Waals surface area contributed by atoms with E-state index >= 15 is 0 Å². The fourth-order valence-electron chi connectivity index (χ4n) is 2.75. The van der Waals surface area contributed by atoms with Crippen molar-refractivity contribution in [2.75, 3.05) is 32.8 Å². The van der Waals surface area contributed by atoms with Gasteiger partial charge in [0.05, 0.1) is 17.1 Å². The van der Waals surface area contributed by atoms with E-state index in [-0.39, 0.29) is 67.8 Å². The molecular weight excluding hydrogens is 372 g/mol. The van der Waals surface area contributed by atoms with Crippen LogP contribution in [0.4, 0.5) is 0 Å². The van der Waals surface area contributed by atoms with Gasteiger partial charge in [0, 0.05) is 39.0 Å². The molecule has 1 amide bonds. The van der Waals surface area contributed by atoms with Gasteiger partial charge < -0.3 is 14.4 Å². The van der Waals surface area contributed by atoms with Gasteiger partial charge in [-0.25, -0.2) is 13.2 Å². The van der Waals surface area contributed by atoms with E-state index < -0.39 is 16.0 Å². The molecule has 0 spiro atoms. The van der Waals surface area contributed by atoms with Crippen molar-refractivity contribution < 1.29 is 27.5 Å². The maximum Gasteiger partial charge on any atom is 0.338 e. The number of amides is 1. The Morgan fingerprint density at radius 1 is 1.00 bits per heavy atom. The molecule has 1 fully saturated rings. The minimum atomic E-state index is -3.70. The lowest BCUT2D eigenvalue weighted by molar-refractivity contribution is -0.134. The highest BCUT2D eigenvalue weighted by molar-refractivity contribution is 7.89. The number of carbonyl (C=O) groups excluding carboxylic acids is 3. The molecule has 0 N–H and O–H groups in total. The normalized spacial score (nSPS) is 15.4. The van der Waals surface area contributed by atoms with Crippen LogP contribution >= 0.6 is 0 Å². The predicted octanol–water partition coefficient (Wildman–Crippen LogP) is 1.07. The van der Waals surface area contributed by atoms with Gasteiger partial charge in [0.1, 0.15) is 5.78 Å². The summed E-state index contributed by atoms with van der Waals surface area (Å²) in [5.41, 5.74) is 0.289. The van der Waals surface area contributed by atoms with Gasteiger partial charge in [0.25, 0.3) is 0 Å². The zero-order valence-corrected chi connectivity index (χ0v) is 16.3. The average molecular weight is 396 g/mol. The van der Waals surface area contributed by atoms with Crippen LogP contribution in [-0.4, -0.2) is 68.1 Å². The number of carbonyl (C=O) groups is 3. The molecule has 0 radical (unpaired) electrons. The molecule has 1 aliphatic rings. The van der Waals surface area contributed by atoms with Crippen LogP contribution in [0.1, 0.15) is 37.0 Å². The number of hydrogen-bond acceptors (Lipinski definition) is 6. The Bertz CT molecular complexity index is 796. The molecule has 0 bridgehead atoms. The zero-order chi connectivity index (χ0) is 20.0. The highest BCUT2D eigenvalue weighted by atomic mass is 32.2. The van der Waals surface area contributed by atoms with E-state index in [4.69, 9.17) is 4.74 Å². The topological polar surface area (TPSA) is 101 Å². The molecule has 0 atom stereocenters. The van der Waals surface area contributed by atoms with Crippen molar-refractivity contribution >= 4 is 27.7 Å². The third-order valence-electron chi connectivity index (χ3n) is 4.29. The van der Waals surface area contributed by atoms with Crippen molar-refractivity contribution in [2.45, 2.75) is 31.6 Å². The molecule has 0 aromatic heterocycles. The maximum atomic E-state index is 12.7. The molecule has 1 heterocycles. The fourth-order valence-corrected chi connectivity index (χ4v) is 4.17. The van der Waals surface area contributed by atoms with Gasteiger partial charge in [-0.1, -0.05) is 0 Å². The highest BCUT2D eigenvalue weighted by Crippen LogP contribution is 2.19. The summed E-state index contributed by atoms with van der Waals surface area (Å²) in [4.78, 5) is 36.4. The average Bonchev–Trinajstić information content (AvgIpc) is 2.66. The molecule has 1 saturated heterocycles. The number of ether oxygens (including phenoxy) is 1. The van der Waals surface area contributed by atoms with Crippen LogP contribution in [0.25, 0.3) is 0 Å². The minimum absolute atomic E-state index is 0.0455. The van der Waals surface area contributed by atoms with Gasteiger partial charge in [-0.15, -0.1) is 0 Å². The lowest BCUT2D eigenvalue weighted by Crippen LogP contribution is -2.50. The Hall–Kier alpha value is -2.26. The van der Waals surface area contributed by atoms with Crippen molar-refractivity contribution in [3.8, 4) is 0 Å². The molecule has 9 heteroatoms. The number of nitrogens with zero attached hydrogens (tertiary/aromatic N) is 2. The first-order chi connectivity index (χ1) is 12.8. The van der Waals surface area contributed by atoms with Crippen LogP contribution in [-0.2, 0) is 24.3 Å². The lowest BCUT2D eigenvalue weighted by atomic mass is 10.2. The third kappa shape index (κ3) is 5.36. The number of ketones is 1. The SMILES string of the molecule is CCOC(=O)c1ccc(S(=O)(=O)N2CCN(C(=O)CCC(C)=O)CC2)cc1. The van der Waals surface area contributed by atoms with Crippen LogP contribution < -0.4 is 0 Å². The Morgan fingerprint density at radius 2 is 1.59 bits per heavy atom. The van der Waals surface area contributed by atoms with E-state index in [0.29, 0.717) is 0 Å². The predicted molar refractivity (Wildman–Crippen MR) is 97.7 cm³/mol. The Kier molecular flexibility index (Phi) is 7.09. The van der Waals surface area contributed by atoms with Crippen LogP contribution in [0, 0.1) is 0 Å². The summed E-state index contributed by atoms with van der Waals surface area (Å²) < 4.78 is 31.7. The summed E-state index contributed by atoms with van der Waals surface area (Å²) in [6, 6.07) is 5.61. The number of piperazine rings is 1. The molecule has 1 aromatic carbocycles. The smallest absolute Gasteiger partial charge is 0.338 e. The Balaban J connectivity index is 1.99. The number of benzene rings is 1. The second-order valence-electron chi connectivity index (χ2n) is 6.23. The van der Waals surface area contributed by atoms with Crippen LogP contribution in [0.3, 0.4) is 0 Å². The Morgan fingerprint density at radius 3 is 2.11 bits per heavy atom. The van der Waals surface area contributed by atoms with Crippen molar-refractivity contribution in [1.29, 1.82) is 0 Å². The van der Waals surface area contributed by atoms with E-state index in [9.17, 15) is 22.8 Å². The Labute approximate surface area is 159 Å². The summed E-state index contributed by atoms with van der Waals surface area (Å²) in [7, 11) is -3.70. The first-order valence-corrected chi connectivity index (χ1v) is 10.2. The first-order valence-electron chi connectivity index (χ1n) is 8.80. The van der Waals surface area contributed by atoms with Gasteiger partial charge in [-0.05, 0) is 38.1 Å². The van der Waals surface area contributed by atoms with Gasteiger partial charge in [0.15, 0.2) is 0 Å². The monoisotopic (exact) mass is 396 g/mol. The summed E-state index contributed by atoms with van der Waals surface area (Å²) in [5, 5.41) is 0. The van der Waals surface area contributed by atoms with E-state index in [1.165, 1.54) is 35.5 Å². The summed E-state index contributed by atoms with van der Waals surface area (Å²) in [6.45, 7) is 4.33. The molecule has 0 unspecified atom stereocenters. The molecule has 1 aromatic rings. The summed E-state index contributed by atoms with van der Waals surface area (Å²) in [6.07, 6.45) is 0.349. The molecule has 1 aliphatic heterocycles.